The Hall–Kier alpha value is -4.56. The SMILES string of the molecule is C[C@H](N[C@@H](C)[C@@H](C)n1ncn(-c2ccc(N3CCN(c4ccc(O)cc4)CC3)cc2)c1=O)c1cccc2ccccc12. The van der Waals surface area contributed by atoms with Crippen LogP contribution in [0.2, 0.25) is 0 Å². The van der Waals surface area contributed by atoms with Crippen LogP contribution in [0.25, 0.3) is 16.5 Å². The van der Waals surface area contributed by atoms with Crippen LogP contribution in [0, 0.1) is 0 Å². The van der Waals surface area contributed by atoms with Crippen molar-refractivity contribution in [2.24, 2.45) is 0 Å². The number of fused-ring (bicyclic) bond motifs is 1. The normalized spacial score (nSPS) is 16.0. The van der Waals surface area contributed by atoms with Gasteiger partial charge < -0.3 is 20.2 Å². The van der Waals surface area contributed by atoms with E-state index in [1.807, 2.05) is 31.2 Å². The van der Waals surface area contributed by atoms with Crippen LogP contribution < -0.4 is 20.8 Å². The third-order valence-electron chi connectivity index (χ3n) is 8.59. The predicted octanol–water partition coefficient (Wildman–Crippen LogP) is 5.52. The van der Waals surface area contributed by atoms with E-state index in [9.17, 15) is 9.90 Å². The van der Waals surface area contributed by atoms with Crippen LogP contribution in [0.4, 0.5) is 11.4 Å². The second-order valence-electron chi connectivity index (χ2n) is 11.2. The summed E-state index contributed by atoms with van der Waals surface area (Å²) >= 11 is 0. The molecule has 42 heavy (non-hydrogen) atoms. The van der Waals surface area contributed by atoms with Crippen LogP contribution in [0.15, 0.2) is 102 Å². The van der Waals surface area contributed by atoms with Crippen LogP contribution in [-0.2, 0) is 0 Å². The first kappa shape index (κ1) is 27.6. The Balaban J connectivity index is 1.10. The summed E-state index contributed by atoms with van der Waals surface area (Å²) in [5.41, 5.74) is 4.16. The molecule has 3 atom stereocenters. The summed E-state index contributed by atoms with van der Waals surface area (Å²) in [6.07, 6.45) is 1.62. The number of phenols is 1. The summed E-state index contributed by atoms with van der Waals surface area (Å²) in [6.45, 7) is 9.92. The van der Waals surface area contributed by atoms with Gasteiger partial charge in [-0.2, -0.15) is 5.10 Å². The Morgan fingerprint density at radius 3 is 1.98 bits per heavy atom. The molecular weight excluding hydrogens is 524 g/mol. The van der Waals surface area contributed by atoms with Crippen molar-refractivity contribution < 1.29 is 5.11 Å². The zero-order valence-electron chi connectivity index (χ0n) is 24.4. The number of piperazine rings is 1. The van der Waals surface area contributed by atoms with Crippen LogP contribution in [-0.4, -0.2) is 51.7 Å². The number of hydrogen-bond acceptors (Lipinski definition) is 6. The average molecular weight is 563 g/mol. The first-order valence-electron chi connectivity index (χ1n) is 14.7. The fourth-order valence-electron chi connectivity index (χ4n) is 5.95. The van der Waals surface area contributed by atoms with Crippen molar-refractivity contribution in [3.05, 3.63) is 113 Å². The lowest BCUT2D eigenvalue weighted by Gasteiger charge is -2.37. The van der Waals surface area contributed by atoms with Gasteiger partial charge in [0.2, 0.25) is 0 Å². The molecule has 0 bridgehead atoms. The van der Waals surface area contributed by atoms with E-state index >= 15 is 0 Å². The molecule has 0 amide bonds. The number of benzene rings is 4. The molecule has 0 spiro atoms. The maximum Gasteiger partial charge on any atom is 0.350 e. The molecule has 1 aromatic heterocycles. The lowest BCUT2D eigenvalue weighted by Crippen LogP contribution is -2.46. The second kappa shape index (κ2) is 11.7. The molecule has 1 aliphatic rings. The fourth-order valence-corrected chi connectivity index (χ4v) is 5.95. The molecule has 8 heteroatoms. The number of hydrogen-bond donors (Lipinski definition) is 2. The smallest absolute Gasteiger partial charge is 0.350 e. The van der Waals surface area contributed by atoms with Crippen LogP contribution in [0.3, 0.4) is 0 Å². The van der Waals surface area contributed by atoms with Gasteiger partial charge in [0.25, 0.3) is 0 Å². The zero-order chi connectivity index (χ0) is 29.2. The maximum absolute atomic E-state index is 13.4. The van der Waals surface area contributed by atoms with Crippen LogP contribution >= 0.6 is 0 Å². The molecule has 6 rings (SSSR count). The maximum atomic E-state index is 13.4. The van der Waals surface area contributed by atoms with Gasteiger partial charge in [0.15, 0.2) is 0 Å². The highest BCUT2D eigenvalue weighted by Crippen LogP contribution is 2.26. The monoisotopic (exact) mass is 562 g/mol. The topological polar surface area (TPSA) is 78.6 Å². The lowest BCUT2D eigenvalue weighted by atomic mass is 9.98. The second-order valence-corrected chi connectivity index (χ2v) is 11.2. The van der Waals surface area contributed by atoms with Gasteiger partial charge in [-0.3, -0.25) is 0 Å². The summed E-state index contributed by atoms with van der Waals surface area (Å²) in [4.78, 5) is 18.1. The van der Waals surface area contributed by atoms with Crippen molar-refractivity contribution in [3.8, 4) is 11.4 Å². The zero-order valence-corrected chi connectivity index (χ0v) is 24.4. The van der Waals surface area contributed by atoms with E-state index in [2.05, 4.69) is 88.7 Å². The molecule has 5 aromatic rings. The Bertz CT molecular complexity index is 1700. The predicted molar refractivity (Wildman–Crippen MR) is 170 cm³/mol. The molecule has 0 unspecified atom stereocenters. The van der Waals surface area contributed by atoms with Crippen molar-refractivity contribution in [1.82, 2.24) is 19.7 Å². The molecule has 0 aliphatic carbocycles. The van der Waals surface area contributed by atoms with E-state index in [1.165, 1.54) is 16.3 Å². The van der Waals surface area contributed by atoms with Crippen molar-refractivity contribution >= 4 is 22.1 Å². The molecule has 1 fully saturated rings. The molecule has 1 saturated heterocycles. The van der Waals surface area contributed by atoms with Gasteiger partial charge in [-0.15, -0.1) is 0 Å². The molecule has 216 valence electrons. The number of aromatic hydroxyl groups is 1. The third kappa shape index (κ3) is 5.50. The standard InChI is InChI=1S/C34H38N6O2/c1-24(36-25(2)32-10-6-8-27-7-4-5-9-33(27)32)26(3)40-34(42)39(23-35-40)30-13-11-28(12-14-30)37-19-21-38(22-20-37)29-15-17-31(41)18-16-29/h4-18,23-26,36,41H,19-22H2,1-3H3/t24-,25-,26+/m0/s1. The number of anilines is 2. The summed E-state index contributed by atoms with van der Waals surface area (Å²) in [5, 5.41) is 20.2. The Morgan fingerprint density at radius 2 is 1.31 bits per heavy atom. The minimum Gasteiger partial charge on any atom is -0.508 e. The van der Waals surface area contributed by atoms with Crippen molar-refractivity contribution in [3.63, 3.8) is 0 Å². The minimum atomic E-state index is -0.149. The molecule has 4 aromatic carbocycles. The molecule has 8 nitrogen and oxygen atoms in total. The van der Waals surface area contributed by atoms with E-state index in [1.54, 1.807) is 27.7 Å². The van der Waals surface area contributed by atoms with Crippen LogP contribution in [0.5, 0.6) is 5.75 Å². The fraction of sp³-hybridized carbons (Fsp3) is 0.294. The van der Waals surface area contributed by atoms with Gasteiger partial charge in [-0.05, 0) is 85.6 Å². The molecule has 1 aliphatic heterocycles. The van der Waals surface area contributed by atoms with E-state index in [0.29, 0.717) is 0 Å². The summed E-state index contributed by atoms with van der Waals surface area (Å²) in [6, 6.07) is 30.3. The highest BCUT2D eigenvalue weighted by molar-refractivity contribution is 5.86. The lowest BCUT2D eigenvalue weighted by molar-refractivity contribution is 0.335. The number of nitrogens with one attached hydrogen (secondary N) is 1. The molecule has 0 saturated carbocycles. The van der Waals surface area contributed by atoms with Gasteiger partial charge in [0, 0.05) is 49.6 Å². The Labute approximate surface area is 246 Å². The minimum absolute atomic E-state index is 0.0163. The summed E-state index contributed by atoms with van der Waals surface area (Å²) < 4.78 is 3.19. The molecule has 2 heterocycles. The van der Waals surface area contributed by atoms with Crippen molar-refractivity contribution in [2.45, 2.75) is 38.9 Å². The highest BCUT2D eigenvalue weighted by Gasteiger charge is 2.22. The number of nitrogens with zero attached hydrogens (tertiary/aromatic N) is 5. The largest absolute Gasteiger partial charge is 0.508 e. The van der Waals surface area contributed by atoms with Crippen LogP contribution in [0.1, 0.15) is 38.4 Å². The molecular formula is C34H38N6O2. The van der Waals surface area contributed by atoms with Gasteiger partial charge in [-0.25, -0.2) is 14.0 Å². The third-order valence-corrected chi connectivity index (χ3v) is 8.59. The van der Waals surface area contributed by atoms with E-state index in [4.69, 9.17) is 0 Å². The van der Waals surface area contributed by atoms with E-state index in [-0.39, 0.29) is 29.6 Å². The summed E-state index contributed by atoms with van der Waals surface area (Å²) in [7, 11) is 0. The van der Waals surface area contributed by atoms with Gasteiger partial charge in [-0.1, -0.05) is 42.5 Å². The summed E-state index contributed by atoms with van der Waals surface area (Å²) in [5.74, 6) is 0.286. The molecule has 0 radical (unpaired) electrons. The van der Waals surface area contributed by atoms with E-state index < -0.39 is 0 Å². The van der Waals surface area contributed by atoms with E-state index in [0.717, 1.165) is 43.2 Å². The van der Waals surface area contributed by atoms with Gasteiger partial charge in [0.05, 0.1) is 11.7 Å². The molecule has 2 N–H and O–H groups in total. The number of aromatic nitrogens is 3. The number of rotatable bonds is 8. The van der Waals surface area contributed by atoms with Gasteiger partial charge >= 0.3 is 5.69 Å². The quantitative estimate of drug-likeness (QED) is 0.259. The Kier molecular flexibility index (Phi) is 7.71. The number of phenolic OH excluding ortho intramolecular Hbond substituents is 1. The first-order chi connectivity index (χ1) is 20.4. The highest BCUT2D eigenvalue weighted by atomic mass is 16.3. The van der Waals surface area contributed by atoms with Crippen molar-refractivity contribution in [1.29, 1.82) is 0 Å². The first-order valence-corrected chi connectivity index (χ1v) is 14.7. The Morgan fingerprint density at radius 1 is 0.738 bits per heavy atom. The van der Waals surface area contributed by atoms with Crippen molar-refractivity contribution in [2.75, 3.05) is 36.0 Å². The van der Waals surface area contributed by atoms with Gasteiger partial charge in [0.1, 0.15) is 12.1 Å². The average Bonchev–Trinajstić information content (AvgIpc) is 3.41.